The van der Waals surface area contributed by atoms with Crippen molar-refractivity contribution >= 4 is 23.3 Å². The van der Waals surface area contributed by atoms with E-state index in [9.17, 15) is 14.0 Å². The Morgan fingerprint density at radius 1 is 0.846 bits per heavy atom. The number of carbonyl (C=O) groups is 2. The van der Waals surface area contributed by atoms with Gasteiger partial charge in [0.25, 0.3) is 5.79 Å². The van der Waals surface area contributed by atoms with E-state index in [0.29, 0.717) is 11.4 Å². The molecular weight excluding hydrogens is 339 g/mol. The molecule has 1 heterocycles. The van der Waals surface area contributed by atoms with E-state index >= 15 is 0 Å². The highest BCUT2D eigenvalue weighted by molar-refractivity contribution is 6.16. The lowest BCUT2D eigenvalue weighted by Gasteiger charge is -2.31. The van der Waals surface area contributed by atoms with Crippen LogP contribution in [-0.2, 0) is 19.1 Å². The Balaban J connectivity index is 2.00. The van der Waals surface area contributed by atoms with Crippen LogP contribution < -0.4 is 10.6 Å². The van der Waals surface area contributed by atoms with Gasteiger partial charge in [0.2, 0.25) is 0 Å². The highest BCUT2D eigenvalue weighted by Crippen LogP contribution is 2.26. The number of halogens is 1. The van der Waals surface area contributed by atoms with E-state index < -0.39 is 23.5 Å². The van der Waals surface area contributed by atoms with Crippen LogP contribution in [0.15, 0.2) is 66.0 Å². The molecule has 0 unspecified atom stereocenters. The Hall–Kier alpha value is -3.35. The van der Waals surface area contributed by atoms with Crippen LogP contribution in [0.5, 0.6) is 0 Å². The first-order chi connectivity index (χ1) is 12.3. The minimum atomic E-state index is -1.34. The Kier molecular flexibility index (Phi) is 4.62. The van der Waals surface area contributed by atoms with Gasteiger partial charge in [0.05, 0.1) is 0 Å². The zero-order valence-electron chi connectivity index (χ0n) is 14.2. The first-order valence-corrected chi connectivity index (χ1v) is 7.90. The van der Waals surface area contributed by atoms with Gasteiger partial charge in [-0.2, -0.15) is 0 Å². The minimum absolute atomic E-state index is 0.0771. The third-order valence-corrected chi connectivity index (χ3v) is 3.49. The molecule has 3 rings (SSSR count). The van der Waals surface area contributed by atoms with E-state index in [1.54, 1.807) is 24.3 Å². The molecule has 1 fully saturated rings. The number of hydrogen-bond acceptors (Lipinski definition) is 6. The van der Waals surface area contributed by atoms with Crippen LogP contribution in [0, 0.1) is 5.82 Å². The summed E-state index contributed by atoms with van der Waals surface area (Å²) in [6.07, 6.45) is 0. The van der Waals surface area contributed by atoms with Crippen molar-refractivity contribution in [1.29, 1.82) is 0 Å². The highest BCUT2D eigenvalue weighted by atomic mass is 19.1. The summed E-state index contributed by atoms with van der Waals surface area (Å²) in [4.78, 5) is 24.8. The average Bonchev–Trinajstić information content (AvgIpc) is 2.56. The first-order valence-electron chi connectivity index (χ1n) is 7.90. The number of ether oxygens (including phenoxy) is 2. The normalized spacial score (nSPS) is 15.7. The molecule has 0 bridgehead atoms. The summed E-state index contributed by atoms with van der Waals surface area (Å²) >= 11 is 0. The van der Waals surface area contributed by atoms with Crippen LogP contribution in [0.2, 0.25) is 0 Å². The van der Waals surface area contributed by atoms with E-state index in [1.165, 1.54) is 38.1 Å². The lowest BCUT2D eigenvalue weighted by Crippen LogP contribution is -2.43. The summed E-state index contributed by atoms with van der Waals surface area (Å²) < 4.78 is 23.4. The molecule has 0 saturated carbocycles. The fourth-order valence-electron chi connectivity index (χ4n) is 2.36. The van der Waals surface area contributed by atoms with Gasteiger partial charge >= 0.3 is 11.9 Å². The van der Waals surface area contributed by atoms with Gasteiger partial charge in [-0.25, -0.2) is 14.0 Å². The zero-order valence-corrected chi connectivity index (χ0v) is 14.2. The zero-order chi connectivity index (χ0) is 18.7. The van der Waals surface area contributed by atoms with Gasteiger partial charge in [0.15, 0.2) is 5.57 Å². The SMILES string of the molecule is CC1(C)OC(=O)C(=C(Nc2ccccc2)Nc2ccc(F)cc2)C(=O)O1. The van der Waals surface area contributed by atoms with Crippen molar-refractivity contribution in [2.45, 2.75) is 19.6 Å². The summed E-state index contributed by atoms with van der Waals surface area (Å²) in [6.45, 7) is 2.94. The molecule has 1 aliphatic heterocycles. The second kappa shape index (κ2) is 6.87. The molecule has 2 aromatic carbocycles. The van der Waals surface area contributed by atoms with Crippen LogP contribution >= 0.6 is 0 Å². The molecule has 0 spiro atoms. The van der Waals surface area contributed by atoms with Crippen molar-refractivity contribution in [1.82, 2.24) is 0 Å². The fourth-order valence-corrected chi connectivity index (χ4v) is 2.36. The number of nitrogens with one attached hydrogen (secondary N) is 2. The van der Waals surface area contributed by atoms with Crippen molar-refractivity contribution in [2.75, 3.05) is 10.6 Å². The maximum absolute atomic E-state index is 13.1. The number of esters is 2. The van der Waals surface area contributed by atoms with E-state index in [-0.39, 0.29) is 11.4 Å². The predicted molar refractivity (Wildman–Crippen MR) is 93.4 cm³/mol. The van der Waals surface area contributed by atoms with Crippen LogP contribution in [-0.4, -0.2) is 17.7 Å². The van der Waals surface area contributed by atoms with E-state index in [4.69, 9.17) is 9.47 Å². The second-order valence-corrected chi connectivity index (χ2v) is 6.05. The smallest absolute Gasteiger partial charge is 0.352 e. The number of rotatable bonds is 4. The van der Waals surface area contributed by atoms with Gasteiger partial charge in [0, 0.05) is 25.2 Å². The molecular formula is C19H17FN2O4. The van der Waals surface area contributed by atoms with Crippen molar-refractivity contribution in [3.05, 3.63) is 71.8 Å². The van der Waals surface area contributed by atoms with Crippen LogP contribution in [0.1, 0.15) is 13.8 Å². The van der Waals surface area contributed by atoms with Gasteiger partial charge in [-0.05, 0) is 36.4 Å². The molecule has 0 radical (unpaired) electrons. The number of hydrogen-bond donors (Lipinski definition) is 2. The van der Waals surface area contributed by atoms with Crippen LogP contribution in [0.4, 0.5) is 15.8 Å². The van der Waals surface area contributed by atoms with Gasteiger partial charge in [-0.1, -0.05) is 18.2 Å². The lowest BCUT2D eigenvalue weighted by atomic mass is 10.2. The standard InChI is InChI=1S/C19H17FN2O4/c1-19(2)25-17(23)15(18(24)26-19)16(21-13-6-4-3-5-7-13)22-14-10-8-12(20)9-11-14/h3-11,21-22H,1-2H3. The van der Waals surface area contributed by atoms with Gasteiger partial charge in [-0.3, -0.25) is 0 Å². The molecule has 0 atom stereocenters. The number of anilines is 2. The average molecular weight is 356 g/mol. The monoisotopic (exact) mass is 356 g/mol. The molecule has 0 amide bonds. The molecule has 1 saturated heterocycles. The van der Waals surface area contributed by atoms with E-state index in [1.807, 2.05) is 6.07 Å². The first kappa shape index (κ1) is 17.5. The largest absolute Gasteiger partial charge is 0.419 e. The van der Waals surface area contributed by atoms with Crippen LogP contribution in [0.3, 0.4) is 0 Å². The minimum Gasteiger partial charge on any atom is -0.419 e. The summed E-state index contributed by atoms with van der Waals surface area (Å²) in [5, 5.41) is 5.89. The Bertz CT molecular complexity index is 839. The van der Waals surface area contributed by atoms with Crippen LogP contribution in [0.25, 0.3) is 0 Å². The Morgan fingerprint density at radius 2 is 1.35 bits per heavy atom. The molecule has 6 nitrogen and oxygen atoms in total. The maximum atomic E-state index is 13.1. The van der Waals surface area contributed by atoms with Gasteiger partial charge < -0.3 is 20.1 Å². The second-order valence-electron chi connectivity index (χ2n) is 6.05. The van der Waals surface area contributed by atoms with Gasteiger partial charge in [0.1, 0.15) is 11.6 Å². The molecule has 7 heteroatoms. The number of carbonyl (C=O) groups excluding carboxylic acids is 2. The number of para-hydroxylation sites is 1. The third-order valence-electron chi connectivity index (χ3n) is 3.49. The maximum Gasteiger partial charge on any atom is 0.352 e. The molecule has 2 N–H and O–H groups in total. The fraction of sp³-hybridized carbons (Fsp3) is 0.158. The summed E-state index contributed by atoms with van der Waals surface area (Å²) in [7, 11) is 0. The Morgan fingerprint density at radius 3 is 1.88 bits per heavy atom. The molecule has 0 aliphatic carbocycles. The quantitative estimate of drug-likeness (QED) is 0.497. The third kappa shape index (κ3) is 4.00. The molecule has 0 aromatic heterocycles. The summed E-state index contributed by atoms with van der Waals surface area (Å²) in [5.74, 6) is -3.31. The molecule has 134 valence electrons. The van der Waals surface area contributed by atoms with E-state index in [0.717, 1.165) is 0 Å². The molecule has 26 heavy (non-hydrogen) atoms. The molecule has 1 aliphatic rings. The van der Waals surface area contributed by atoms with E-state index in [2.05, 4.69) is 10.6 Å². The van der Waals surface area contributed by atoms with Crippen molar-refractivity contribution in [3.8, 4) is 0 Å². The van der Waals surface area contributed by atoms with Crippen molar-refractivity contribution < 1.29 is 23.5 Å². The predicted octanol–water partition coefficient (Wildman–Crippen LogP) is 3.40. The topological polar surface area (TPSA) is 76.7 Å². The number of cyclic esters (lactones) is 2. The summed E-state index contributed by atoms with van der Waals surface area (Å²) in [5.41, 5.74) is 0.801. The lowest BCUT2D eigenvalue weighted by molar-refractivity contribution is -0.222. The number of benzene rings is 2. The highest BCUT2D eigenvalue weighted by Gasteiger charge is 2.41. The summed E-state index contributed by atoms with van der Waals surface area (Å²) in [6, 6.07) is 14.4. The van der Waals surface area contributed by atoms with Crippen molar-refractivity contribution in [2.24, 2.45) is 0 Å². The van der Waals surface area contributed by atoms with Crippen molar-refractivity contribution in [3.63, 3.8) is 0 Å². The Labute approximate surface area is 149 Å². The van der Waals surface area contributed by atoms with Gasteiger partial charge in [-0.15, -0.1) is 0 Å². The molecule has 2 aromatic rings.